The van der Waals surface area contributed by atoms with Crippen molar-refractivity contribution >= 4 is 41.3 Å². The van der Waals surface area contributed by atoms with E-state index in [1.165, 1.54) is 28.2 Å². The number of hydrogen-bond donors (Lipinski definition) is 2. The molecule has 2 aliphatic heterocycles. The van der Waals surface area contributed by atoms with Crippen LogP contribution < -0.4 is 5.32 Å². The minimum atomic E-state index is -4.63. The summed E-state index contributed by atoms with van der Waals surface area (Å²) in [5.74, 6) is -2.06. The number of β-lactam (4-membered cyclic amide) rings is 1. The Kier molecular flexibility index (Phi) is 6.22. The van der Waals surface area contributed by atoms with Crippen molar-refractivity contribution < 1.29 is 32.7 Å². The Hall–Kier alpha value is -3.08. The Balaban J connectivity index is 1.26. The summed E-state index contributed by atoms with van der Waals surface area (Å²) in [5.41, 5.74) is -0.359. The zero-order chi connectivity index (χ0) is 25.8. The lowest BCUT2D eigenvalue weighted by Crippen LogP contribution is -2.70. The number of fused-ring (bicyclic) bond motifs is 1. The van der Waals surface area contributed by atoms with Crippen LogP contribution in [0.15, 0.2) is 22.5 Å². The molecule has 2 N–H and O–H groups in total. The van der Waals surface area contributed by atoms with Crippen molar-refractivity contribution in [2.75, 3.05) is 11.5 Å². The summed E-state index contributed by atoms with van der Waals surface area (Å²) in [5, 5.41) is 26.8. The molecule has 2 aromatic heterocycles. The van der Waals surface area contributed by atoms with Gasteiger partial charge in [-0.15, -0.1) is 16.9 Å². The number of halogens is 3. The minimum absolute atomic E-state index is 0.0759. The van der Waals surface area contributed by atoms with E-state index in [9.17, 15) is 32.7 Å². The van der Waals surface area contributed by atoms with Crippen LogP contribution in [0.1, 0.15) is 30.1 Å². The molecule has 0 spiro atoms. The maximum absolute atomic E-state index is 13.1. The first-order chi connectivity index (χ1) is 17.0. The largest absolute Gasteiger partial charge is 0.477 e. The number of aryl methyl sites for hydroxylation is 1. The number of aliphatic carboxylic acids is 1. The minimum Gasteiger partial charge on any atom is -0.477 e. The van der Waals surface area contributed by atoms with Gasteiger partial charge in [0.25, 0.3) is 5.91 Å². The zero-order valence-corrected chi connectivity index (χ0v) is 20.2. The summed E-state index contributed by atoms with van der Waals surface area (Å²) >= 11 is 2.53. The average Bonchev–Trinajstić information content (AvgIpc) is 3.44. The summed E-state index contributed by atoms with van der Waals surface area (Å²) in [6.45, 7) is -0.474. The number of hydrogen-bond acceptors (Lipinski definition) is 9. The fourth-order valence-corrected chi connectivity index (χ4v) is 6.38. The monoisotopic (exact) mass is 544 g/mol. The van der Waals surface area contributed by atoms with Crippen LogP contribution in [0.3, 0.4) is 0 Å². The van der Waals surface area contributed by atoms with Crippen molar-refractivity contribution in [3.05, 3.63) is 28.7 Å². The number of aromatic nitrogens is 6. The molecule has 5 rings (SSSR count). The lowest BCUT2D eigenvalue weighted by molar-refractivity contribution is -0.150. The fraction of sp³-hybridized carbons (Fsp3) is 0.526. The standard InChI is InChI=1S/C19H19F3N8O4S2/c1-28-18(24-26-27-28)36-7-9-6-35-16-13(15(32)30(16)14(9)17(33)34)23-12(31)5-29-10(8-2-3-8)4-11(25-29)19(20,21)22/h4,8,13,16H,2-3,5-7H2,1H3,(H,23,31)(H,33,34)/t13-,16+/m0/s1. The number of carbonyl (C=O) groups excluding carboxylic acids is 2. The summed E-state index contributed by atoms with van der Waals surface area (Å²) in [4.78, 5) is 38.6. The fourth-order valence-electron chi connectivity index (χ4n) is 4.05. The summed E-state index contributed by atoms with van der Waals surface area (Å²) in [6.07, 6.45) is -3.19. The summed E-state index contributed by atoms with van der Waals surface area (Å²) < 4.78 is 41.8. The molecule has 2 amide bonds. The SMILES string of the molecule is Cn1nnnc1SCC1=C(C(=O)O)N2C(=O)[C@H](NC(=O)Cn3nc(C(F)(F)F)cc3C3CC3)[C@H]2SC1. The third-order valence-electron chi connectivity index (χ3n) is 5.91. The molecule has 1 aliphatic carbocycles. The number of thioether (sulfide) groups is 2. The maximum Gasteiger partial charge on any atom is 0.435 e. The van der Waals surface area contributed by atoms with Gasteiger partial charge >= 0.3 is 12.1 Å². The maximum atomic E-state index is 13.1. The van der Waals surface area contributed by atoms with E-state index < -0.39 is 47.6 Å². The van der Waals surface area contributed by atoms with Crippen LogP contribution in [0.2, 0.25) is 0 Å². The Morgan fingerprint density at radius 3 is 2.69 bits per heavy atom. The van der Waals surface area contributed by atoms with Gasteiger partial charge in [0.1, 0.15) is 23.7 Å². The van der Waals surface area contributed by atoms with Gasteiger partial charge in [-0.3, -0.25) is 19.2 Å². The number of carboxylic acid groups (broad SMARTS) is 1. The van der Waals surface area contributed by atoms with Crippen LogP contribution in [0.4, 0.5) is 13.2 Å². The first-order valence-corrected chi connectivity index (χ1v) is 12.8. The molecule has 0 radical (unpaired) electrons. The molecule has 1 saturated heterocycles. The highest BCUT2D eigenvalue weighted by molar-refractivity contribution is 8.01. The molecule has 2 atom stereocenters. The molecule has 0 unspecified atom stereocenters. The molecule has 0 bridgehead atoms. The van der Waals surface area contributed by atoms with Crippen LogP contribution in [0.5, 0.6) is 0 Å². The highest BCUT2D eigenvalue weighted by Crippen LogP contribution is 2.43. The number of tetrazole rings is 1. The zero-order valence-electron chi connectivity index (χ0n) is 18.6. The molecule has 17 heteroatoms. The number of alkyl halides is 3. The molecule has 4 heterocycles. The van der Waals surface area contributed by atoms with Gasteiger partial charge in [0, 0.05) is 30.2 Å². The second-order valence-corrected chi connectivity index (χ2v) is 10.5. The van der Waals surface area contributed by atoms with Gasteiger partial charge in [-0.2, -0.15) is 18.3 Å². The van der Waals surface area contributed by atoms with Gasteiger partial charge in [0.2, 0.25) is 11.1 Å². The van der Waals surface area contributed by atoms with Gasteiger partial charge in [0.15, 0.2) is 5.69 Å². The Labute approximate surface area is 209 Å². The van der Waals surface area contributed by atoms with Gasteiger partial charge in [-0.1, -0.05) is 11.8 Å². The van der Waals surface area contributed by atoms with Crippen LogP contribution in [-0.4, -0.2) is 80.7 Å². The predicted molar refractivity (Wildman–Crippen MR) is 118 cm³/mol. The van der Waals surface area contributed by atoms with E-state index in [0.717, 1.165) is 28.5 Å². The number of nitrogens with one attached hydrogen (secondary N) is 1. The number of rotatable bonds is 8. The first-order valence-electron chi connectivity index (χ1n) is 10.7. The van der Waals surface area contributed by atoms with Gasteiger partial charge in [-0.25, -0.2) is 9.48 Å². The van der Waals surface area contributed by atoms with Gasteiger partial charge < -0.3 is 10.4 Å². The Morgan fingerprint density at radius 1 is 1.33 bits per heavy atom. The highest BCUT2D eigenvalue weighted by Gasteiger charge is 2.54. The number of nitrogens with zero attached hydrogens (tertiary/aromatic N) is 7. The third-order valence-corrected chi connectivity index (χ3v) is 8.35. The lowest BCUT2D eigenvalue weighted by atomic mass is 10.0. The molecule has 3 aliphatic rings. The molecule has 192 valence electrons. The van der Waals surface area contributed by atoms with Crippen molar-refractivity contribution in [2.45, 2.75) is 48.1 Å². The Morgan fingerprint density at radius 2 is 2.08 bits per heavy atom. The van der Waals surface area contributed by atoms with Crippen LogP contribution in [0.25, 0.3) is 0 Å². The van der Waals surface area contributed by atoms with E-state index in [4.69, 9.17) is 0 Å². The van der Waals surface area contributed by atoms with Crippen molar-refractivity contribution in [2.24, 2.45) is 7.05 Å². The van der Waals surface area contributed by atoms with E-state index in [1.807, 2.05) is 0 Å². The van der Waals surface area contributed by atoms with Gasteiger partial charge in [0.05, 0.1) is 0 Å². The molecule has 12 nitrogen and oxygen atoms in total. The van der Waals surface area contributed by atoms with E-state index in [2.05, 4.69) is 25.9 Å². The number of carbonyl (C=O) groups is 3. The molecular formula is C19H19F3N8O4S2. The Bertz CT molecular complexity index is 1270. The van der Waals surface area contributed by atoms with E-state index in [-0.39, 0.29) is 17.4 Å². The van der Waals surface area contributed by atoms with Gasteiger partial charge in [-0.05, 0) is 34.9 Å². The van der Waals surface area contributed by atoms with Crippen molar-refractivity contribution in [3.8, 4) is 0 Å². The molecule has 2 aromatic rings. The lowest BCUT2D eigenvalue weighted by Gasteiger charge is -2.49. The van der Waals surface area contributed by atoms with E-state index >= 15 is 0 Å². The van der Waals surface area contributed by atoms with Crippen LogP contribution >= 0.6 is 23.5 Å². The molecule has 2 fully saturated rings. The summed E-state index contributed by atoms with van der Waals surface area (Å²) in [7, 11) is 1.65. The quantitative estimate of drug-likeness (QED) is 0.362. The van der Waals surface area contributed by atoms with E-state index in [0.29, 0.717) is 22.2 Å². The predicted octanol–water partition coefficient (Wildman–Crippen LogP) is 0.834. The number of amides is 2. The second kappa shape index (κ2) is 9.10. The third kappa shape index (κ3) is 4.56. The molecule has 0 aromatic carbocycles. The molecule has 36 heavy (non-hydrogen) atoms. The first kappa shape index (κ1) is 24.6. The highest BCUT2D eigenvalue weighted by atomic mass is 32.2. The van der Waals surface area contributed by atoms with Crippen molar-refractivity contribution in [1.29, 1.82) is 0 Å². The van der Waals surface area contributed by atoms with Crippen LogP contribution in [-0.2, 0) is 34.2 Å². The molecular weight excluding hydrogens is 525 g/mol. The normalized spacial score (nSPS) is 21.9. The average molecular weight is 545 g/mol. The smallest absolute Gasteiger partial charge is 0.435 e. The molecule has 1 saturated carbocycles. The van der Waals surface area contributed by atoms with Crippen molar-refractivity contribution in [3.63, 3.8) is 0 Å². The number of carboxylic acids is 1. The van der Waals surface area contributed by atoms with E-state index in [1.54, 1.807) is 7.05 Å². The topological polar surface area (TPSA) is 148 Å². The second-order valence-electron chi connectivity index (χ2n) is 8.47. The van der Waals surface area contributed by atoms with Crippen LogP contribution in [0, 0.1) is 0 Å². The summed E-state index contributed by atoms with van der Waals surface area (Å²) in [6, 6.07) is -0.0327. The van der Waals surface area contributed by atoms with Crippen molar-refractivity contribution in [1.82, 2.24) is 40.2 Å².